The van der Waals surface area contributed by atoms with Crippen LogP contribution in [0.2, 0.25) is 0 Å². The minimum Gasteiger partial charge on any atom is -0.480 e. The molecular formula is C16H16FN3O4. The van der Waals surface area contributed by atoms with E-state index in [4.69, 9.17) is 4.74 Å². The maximum atomic E-state index is 13.2. The molecule has 0 spiro atoms. The van der Waals surface area contributed by atoms with Gasteiger partial charge in [0, 0.05) is 18.2 Å². The quantitative estimate of drug-likeness (QED) is 0.890. The van der Waals surface area contributed by atoms with E-state index in [-0.39, 0.29) is 12.2 Å². The van der Waals surface area contributed by atoms with Crippen LogP contribution in [0.4, 0.5) is 10.1 Å². The fraction of sp³-hybridized carbons (Fsp3) is 0.312. The van der Waals surface area contributed by atoms with Crippen LogP contribution in [0.5, 0.6) is 5.75 Å². The number of fused-ring (bicyclic) bond motifs is 1. The molecule has 0 saturated heterocycles. The second-order valence-corrected chi connectivity index (χ2v) is 6.09. The first kappa shape index (κ1) is 16.0. The second kappa shape index (κ2) is 5.63. The summed E-state index contributed by atoms with van der Waals surface area (Å²) in [5, 5.41) is 15.8. The molecule has 2 aromatic rings. The van der Waals surface area contributed by atoms with Crippen LogP contribution in [0.3, 0.4) is 0 Å². The van der Waals surface area contributed by atoms with Crippen molar-refractivity contribution in [2.75, 3.05) is 5.32 Å². The molecule has 1 aliphatic rings. The number of hydrogen-bond donors (Lipinski definition) is 2. The van der Waals surface area contributed by atoms with Gasteiger partial charge in [0.2, 0.25) is 0 Å². The summed E-state index contributed by atoms with van der Waals surface area (Å²) in [6, 6.07) is 4.11. The number of carboxylic acid groups (broad SMARTS) is 1. The number of rotatable bonds is 4. The van der Waals surface area contributed by atoms with E-state index in [1.165, 1.54) is 49.1 Å². The highest BCUT2D eigenvalue weighted by molar-refractivity contribution is 5.95. The van der Waals surface area contributed by atoms with Gasteiger partial charge in [-0.2, -0.15) is 5.10 Å². The molecule has 2 N–H and O–H groups in total. The predicted molar refractivity (Wildman–Crippen MR) is 82.3 cm³/mol. The Balaban J connectivity index is 1.69. The molecular weight excluding hydrogens is 317 g/mol. The van der Waals surface area contributed by atoms with Crippen molar-refractivity contribution >= 4 is 17.6 Å². The summed E-state index contributed by atoms with van der Waals surface area (Å²) in [4.78, 5) is 23.5. The number of ether oxygens (including phenoxy) is 1. The highest BCUT2D eigenvalue weighted by Crippen LogP contribution is 2.29. The minimum atomic E-state index is -1.24. The summed E-state index contributed by atoms with van der Waals surface area (Å²) < 4.78 is 20.0. The van der Waals surface area contributed by atoms with E-state index in [0.717, 1.165) is 0 Å². The van der Waals surface area contributed by atoms with Crippen LogP contribution < -0.4 is 10.1 Å². The van der Waals surface area contributed by atoms with Gasteiger partial charge in [-0.25, -0.2) is 9.18 Å². The smallest absolute Gasteiger partial charge is 0.331 e. The van der Waals surface area contributed by atoms with E-state index >= 15 is 0 Å². The van der Waals surface area contributed by atoms with Crippen molar-refractivity contribution in [2.45, 2.75) is 31.9 Å². The van der Waals surface area contributed by atoms with Crippen molar-refractivity contribution in [1.82, 2.24) is 9.78 Å². The van der Waals surface area contributed by atoms with Gasteiger partial charge >= 0.3 is 5.97 Å². The van der Waals surface area contributed by atoms with Gasteiger partial charge in [0.1, 0.15) is 11.6 Å². The molecule has 1 aromatic heterocycles. The number of aliphatic carboxylic acids is 1. The highest BCUT2D eigenvalue weighted by atomic mass is 19.1. The SMILES string of the molecule is CC(C)(C(=O)O)n1cc(NC(=O)C2Cc3cc(F)ccc3O2)cn1. The number of nitrogens with one attached hydrogen (secondary N) is 1. The van der Waals surface area contributed by atoms with Gasteiger partial charge in [0.25, 0.3) is 5.91 Å². The summed E-state index contributed by atoms with van der Waals surface area (Å²) >= 11 is 0. The van der Waals surface area contributed by atoms with Crippen LogP contribution in [0.25, 0.3) is 0 Å². The van der Waals surface area contributed by atoms with Crippen LogP contribution in [-0.4, -0.2) is 32.9 Å². The van der Waals surface area contributed by atoms with Gasteiger partial charge < -0.3 is 15.2 Å². The van der Waals surface area contributed by atoms with E-state index in [0.29, 0.717) is 17.0 Å². The van der Waals surface area contributed by atoms with E-state index in [2.05, 4.69) is 10.4 Å². The number of benzene rings is 1. The monoisotopic (exact) mass is 333 g/mol. The average Bonchev–Trinajstić information content (AvgIpc) is 3.13. The van der Waals surface area contributed by atoms with Gasteiger partial charge in [-0.15, -0.1) is 0 Å². The molecule has 1 amide bonds. The van der Waals surface area contributed by atoms with Crippen molar-refractivity contribution in [3.05, 3.63) is 42.0 Å². The number of aromatic nitrogens is 2. The molecule has 3 rings (SSSR count). The number of carboxylic acids is 1. The van der Waals surface area contributed by atoms with E-state index in [1.807, 2.05) is 0 Å². The average molecular weight is 333 g/mol. The Labute approximate surface area is 137 Å². The summed E-state index contributed by atoms with van der Waals surface area (Å²) in [5.41, 5.74) is -0.237. The Bertz CT molecular complexity index is 815. The summed E-state index contributed by atoms with van der Waals surface area (Å²) in [6.07, 6.45) is 2.31. The lowest BCUT2D eigenvalue weighted by molar-refractivity contribution is -0.146. The maximum absolute atomic E-state index is 13.2. The normalized spacial score (nSPS) is 16.4. The topological polar surface area (TPSA) is 93.5 Å². The molecule has 1 atom stereocenters. The zero-order valence-electron chi connectivity index (χ0n) is 13.1. The lowest BCUT2D eigenvalue weighted by Crippen LogP contribution is -2.36. The fourth-order valence-electron chi connectivity index (χ4n) is 2.38. The Morgan fingerprint density at radius 1 is 1.46 bits per heavy atom. The number of halogens is 1. The van der Waals surface area contributed by atoms with Crippen LogP contribution in [0.15, 0.2) is 30.6 Å². The molecule has 7 nitrogen and oxygen atoms in total. The van der Waals surface area contributed by atoms with Gasteiger partial charge in [-0.1, -0.05) is 0 Å². The van der Waals surface area contributed by atoms with Crippen LogP contribution in [-0.2, 0) is 21.5 Å². The molecule has 126 valence electrons. The van der Waals surface area contributed by atoms with Gasteiger partial charge in [-0.3, -0.25) is 9.48 Å². The number of nitrogens with zero attached hydrogens (tertiary/aromatic N) is 2. The summed E-state index contributed by atoms with van der Waals surface area (Å²) in [5.74, 6) is -1.34. The number of carbonyl (C=O) groups is 2. The van der Waals surface area contributed by atoms with Crippen molar-refractivity contribution in [2.24, 2.45) is 0 Å². The van der Waals surface area contributed by atoms with Crippen molar-refractivity contribution < 1.29 is 23.8 Å². The highest BCUT2D eigenvalue weighted by Gasteiger charge is 2.32. The number of amides is 1. The Morgan fingerprint density at radius 2 is 2.21 bits per heavy atom. The van der Waals surface area contributed by atoms with Crippen LogP contribution >= 0.6 is 0 Å². The molecule has 1 aromatic carbocycles. The minimum absolute atomic E-state index is 0.272. The number of anilines is 1. The second-order valence-electron chi connectivity index (χ2n) is 6.09. The molecule has 0 saturated carbocycles. The largest absolute Gasteiger partial charge is 0.480 e. The molecule has 24 heavy (non-hydrogen) atoms. The molecule has 0 aliphatic carbocycles. The van der Waals surface area contributed by atoms with Gasteiger partial charge in [0.15, 0.2) is 11.6 Å². The third-order valence-electron chi connectivity index (χ3n) is 3.94. The predicted octanol–water partition coefficient (Wildman–Crippen LogP) is 1.78. The molecule has 0 radical (unpaired) electrons. The van der Waals surface area contributed by atoms with Crippen LogP contribution in [0.1, 0.15) is 19.4 Å². The zero-order chi connectivity index (χ0) is 17.5. The van der Waals surface area contributed by atoms with Crippen LogP contribution in [0, 0.1) is 5.82 Å². The molecule has 0 fully saturated rings. The number of hydrogen-bond acceptors (Lipinski definition) is 4. The molecule has 2 heterocycles. The first-order valence-electron chi connectivity index (χ1n) is 7.32. The zero-order valence-corrected chi connectivity index (χ0v) is 13.1. The lowest BCUT2D eigenvalue weighted by atomic mass is 10.1. The first-order chi connectivity index (χ1) is 11.3. The van der Waals surface area contributed by atoms with E-state index < -0.39 is 23.5 Å². The standard InChI is InChI=1S/C16H16FN3O4/c1-16(2,15(22)23)20-8-11(7-18-20)19-14(21)13-6-9-5-10(17)3-4-12(9)24-13/h3-5,7-8,13H,6H2,1-2H3,(H,19,21)(H,22,23). The molecule has 0 bridgehead atoms. The Hall–Kier alpha value is -2.90. The van der Waals surface area contributed by atoms with Gasteiger partial charge in [0.05, 0.1) is 11.9 Å². The summed E-state index contributed by atoms with van der Waals surface area (Å²) in [7, 11) is 0. The van der Waals surface area contributed by atoms with E-state index in [1.54, 1.807) is 0 Å². The Kier molecular flexibility index (Phi) is 3.75. The number of carbonyl (C=O) groups excluding carboxylic acids is 1. The third kappa shape index (κ3) is 2.82. The maximum Gasteiger partial charge on any atom is 0.331 e. The first-order valence-corrected chi connectivity index (χ1v) is 7.32. The Morgan fingerprint density at radius 3 is 2.92 bits per heavy atom. The van der Waals surface area contributed by atoms with Crippen molar-refractivity contribution in [1.29, 1.82) is 0 Å². The molecule has 8 heteroatoms. The summed E-state index contributed by atoms with van der Waals surface area (Å²) in [6.45, 7) is 3.00. The molecule has 1 unspecified atom stereocenters. The van der Waals surface area contributed by atoms with E-state index in [9.17, 15) is 19.1 Å². The van der Waals surface area contributed by atoms with Crippen molar-refractivity contribution in [3.63, 3.8) is 0 Å². The van der Waals surface area contributed by atoms with Crippen molar-refractivity contribution in [3.8, 4) is 5.75 Å². The lowest BCUT2D eigenvalue weighted by Gasteiger charge is -2.19. The van der Waals surface area contributed by atoms with Gasteiger partial charge in [-0.05, 0) is 32.0 Å². The molecule has 1 aliphatic heterocycles. The fourth-order valence-corrected chi connectivity index (χ4v) is 2.38. The third-order valence-corrected chi connectivity index (χ3v) is 3.94.